The molecule has 0 amide bonds. The van der Waals surface area contributed by atoms with Gasteiger partial charge in [-0.3, -0.25) is 0 Å². The first-order valence-corrected chi connectivity index (χ1v) is 12.4. The first-order valence-electron chi connectivity index (χ1n) is 11.1. The molecule has 1 nitrogen and oxygen atoms in total. The molecule has 1 aliphatic rings. The second-order valence-electron chi connectivity index (χ2n) is 8.19. The van der Waals surface area contributed by atoms with Crippen LogP contribution in [0.1, 0.15) is 31.2 Å². The number of ether oxygens (including phenoxy) is 1. The van der Waals surface area contributed by atoms with Crippen molar-refractivity contribution in [1.82, 2.24) is 0 Å². The zero-order valence-corrected chi connectivity index (χ0v) is 18.7. The third-order valence-corrected chi connectivity index (χ3v) is 8.33. The van der Waals surface area contributed by atoms with Crippen LogP contribution >= 0.6 is 0 Å². The van der Waals surface area contributed by atoms with E-state index in [0.29, 0.717) is 5.75 Å². The third-order valence-electron chi connectivity index (χ3n) is 6.11. The zero-order valence-electron chi connectivity index (χ0n) is 17.9. The standard InChI is InChI=1S/C29H26FOS/c30-27-22-26(32(24-14-6-2-7-15-24)25-16-8-3-9-17-25)18-19-28(27)31-29(20-10-11-21-29)23-12-4-1-5-13-23/h1-9,12-19,22H,10-11,20-21H2/q+1. The first-order chi connectivity index (χ1) is 15.8. The molecule has 4 aromatic rings. The fraction of sp³-hybridized carbons (Fsp3) is 0.172. The van der Waals surface area contributed by atoms with E-state index in [1.54, 1.807) is 6.07 Å². The Bertz CT molecular complexity index is 1120. The van der Waals surface area contributed by atoms with Crippen LogP contribution in [0.5, 0.6) is 5.75 Å². The van der Waals surface area contributed by atoms with Gasteiger partial charge in [0.1, 0.15) is 5.60 Å². The summed E-state index contributed by atoms with van der Waals surface area (Å²) in [4.78, 5) is 3.29. The molecule has 1 fully saturated rings. The third kappa shape index (κ3) is 4.18. The molecule has 0 bridgehead atoms. The van der Waals surface area contributed by atoms with E-state index in [1.165, 1.54) is 9.79 Å². The van der Waals surface area contributed by atoms with Crippen molar-refractivity contribution in [2.75, 3.05) is 0 Å². The summed E-state index contributed by atoms with van der Waals surface area (Å²) in [5.74, 6) is 0.0400. The highest BCUT2D eigenvalue weighted by Crippen LogP contribution is 2.43. The molecule has 1 aliphatic carbocycles. The van der Waals surface area contributed by atoms with Crippen LogP contribution in [-0.2, 0) is 16.5 Å². The fourth-order valence-corrected chi connectivity index (χ4v) is 6.66. The number of rotatable bonds is 6. The maximum Gasteiger partial charge on any atom is 0.170 e. The normalized spacial score (nSPS) is 15.1. The molecule has 0 atom stereocenters. The van der Waals surface area contributed by atoms with E-state index >= 15 is 4.39 Å². The number of hydrogen-bond acceptors (Lipinski definition) is 1. The van der Waals surface area contributed by atoms with E-state index in [1.807, 2.05) is 66.7 Å². The zero-order chi connectivity index (χ0) is 21.8. The molecule has 0 N–H and O–H groups in total. The van der Waals surface area contributed by atoms with Crippen LogP contribution < -0.4 is 4.74 Å². The van der Waals surface area contributed by atoms with Gasteiger partial charge in [0.2, 0.25) is 0 Å². The lowest BCUT2D eigenvalue weighted by Crippen LogP contribution is -2.30. The van der Waals surface area contributed by atoms with Crippen molar-refractivity contribution in [1.29, 1.82) is 0 Å². The maximum atomic E-state index is 15.5. The van der Waals surface area contributed by atoms with Crippen molar-refractivity contribution in [3.05, 3.63) is 121 Å². The van der Waals surface area contributed by atoms with Crippen molar-refractivity contribution in [3.8, 4) is 5.75 Å². The second kappa shape index (κ2) is 9.22. The fourth-order valence-electron chi connectivity index (χ4n) is 4.56. The molecule has 0 aromatic heterocycles. The highest BCUT2D eigenvalue weighted by atomic mass is 32.2. The van der Waals surface area contributed by atoms with Crippen LogP contribution in [0.4, 0.5) is 4.39 Å². The Morgan fingerprint density at radius 3 is 1.69 bits per heavy atom. The Labute approximate surface area is 192 Å². The van der Waals surface area contributed by atoms with Crippen LogP contribution in [-0.4, -0.2) is 0 Å². The lowest BCUT2D eigenvalue weighted by atomic mass is 9.92. The van der Waals surface area contributed by atoms with Crippen LogP contribution in [0.15, 0.2) is 124 Å². The summed E-state index contributed by atoms with van der Waals surface area (Å²) in [5.41, 5.74) is 0.693. The van der Waals surface area contributed by atoms with E-state index in [2.05, 4.69) is 36.4 Å². The van der Waals surface area contributed by atoms with Gasteiger partial charge < -0.3 is 4.74 Å². The van der Waals surface area contributed by atoms with Gasteiger partial charge >= 0.3 is 0 Å². The van der Waals surface area contributed by atoms with Gasteiger partial charge in [0.15, 0.2) is 26.3 Å². The van der Waals surface area contributed by atoms with Gasteiger partial charge in [-0.05, 0) is 67.6 Å². The van der Waals surface area contributed by atoms with Gasteiger partial charge in [-0.2, -0.15) is 0 Å². The minimum absolute atomic E-state index is 0.297. The molecular formula is C29H26FOS+. The highest BCUT2D eigenvalue weighted by Gasteiger charge is 2.39. The Hall–Kier alpha value is -3.04. The van der Waals surface area contributed by atoms with Crippen LogP contribution in [0.2, 0.25) is 0 Å². The Morgan fingerprint density at radius 2 is 1.16 bits per heavy atom. The van der Waals surface area contributed by atoms with Gasteiger partial charge in [-0.15, -0.1) is 0 Å². The first kappa shape index (κ1) is 20.8. The van der Waals surface area contributed by atoms with E-state index in [9.17, 15) is 0 Å². The lowest BCUT2D eigenvalue weighted by molar-refractivity contribution is 0.0689. The average molecular weight is 442 g/mol. The van der Waals surface area contributed by atoms with E-state index < -0.39 is 5.60 Å². The quantitative estimate of drug-likeness (QED) is 0.278. The molecule has 0 heterocycles. The van der Waals surface area contributed by atoms with Gasteiger partial charge in [-0.1, -0.05) is 66.7 Å². The van der Waals surface area contributed by atoms with Crippen molar-refractivity contribution < 1.29 is 9.13 Å². The highest BCUT2D eigenvalue weighted by molar-refractivity contribution is 7.97. The minimum atomic E-state index is -0.440. The predicted molar refractivity (Wildman–Crippen MR) is 129 cm³/mol. The Balaban J connectivity index is 1.51. The van der Waals surface area contributed by atoms with Crippen molar-refractivity contribution in [3.63, 3.8) is 0 Å². The number of hydrogen-bond donors (Lipinski definition) is 0. The summed E-state index contributed by atoms with van der Waals surface area (Å²) in [6, 6.07) is 36.4. The van der Waals surface area contributed by atoms with Crippen molar-refractivity contribution in [2.24, 2.45) is 0 Å². The average Bonchev–Trinajstić information content (AvgIpc) is 3.33. The van der Waals surface area contributed by atoms with Gasteiger partial charge in [0.05, 0.1) is 10.9 Å². The summed E-state index contributed by atoms with van der Waals surface area (Å²) in [6.45, 7) is 0. The van der Waals surface area contributed by atoms with Gasteiger partial charge in [0, 0.05) is 6.07 Å². The predicted octanol–water partition coefficient (Wildman–Crippen LogP) is 7.77. The van der Waals surface area contributed by atoms with E-state index in [0.717, 1.165) is 36.1 Å². The maximum absolute atomic E-state index is 15.5. The largest absolute Gasteiger partial charge is 0.480 e. The monoisotopic (exact) mass is 441 g/mol. The smallest absolute Gasteiger partial charge is 0.170 e. The molecule has 3 heteroatoms. The van der Waals surface area contributed by atoms with Crippen LogP contribution in [0, 0.1) is 5.82 Å². The summed E-state index contributed by atoms with van der Waals surface area (Å²) < 4.78 is 21.9. The van der Waals surface area contributed by atoms with Crippen molar-refractivity contribution >= 4 is 10.9 Å². The molecule has 0 aliphatic heterocycles. The molecule has 0 saturated heterocycles. The summed E-state index contributed by atoms with van der Waals surface area (Å²) in [7, 11) is -0.379. The molecular weight excluding hydrogens is 415 g/mol. The van der Waals surface area contributed by atoms with E-state index in [4.69, 9.17) is 4.74 Å². The number of halogens is 1. The molecule has 4 aromatic carbocycles. The second-order valence-corrected chi connectivity index (χ2v) is 10.2. The molecule has 5 rings (SSSR count). The summed E-state index contributed by atoms with van der Waals surface area (Å²) in [5, 5.41) is 0. The molecule has 0 spiro atoms. The number of benzene rings is 4. The molecule has 1 saturated carbocycles. The molecule has 0 unspecified atom stereocenters. The summed E-state index contributed by atoms with van der Waals surface area (Å²) >= 11 is 0. The lowest BCUT2D eigenvalue weighted by Gasteiger charge is -2.31. The SMILES string of the molecule is Fc1cc([S+](c2ccccc2)c2ccccc2)ccc1OC1(c2ccccc2)CCCC1. The van der Waals surface area contributed by atoms with E-state index in [-0.39, 0.29) is 16.7 Å². The van der Waals surface area contributed by atoms with Crippen LogP contribution in [0.3, 0.4) is 0 Å². The Kier molecular flexibility index (Phi) is 6.00. The van der Waals surface area contributed by atoms with Gasteiger partial charge in [-0.25, -0.2) is 4.39 Å². The van der Waals surface area contributed by atoms with Gasteiger partial charge in [0.25, 0.3) is 0 Å². The molecule has 32 heavy (non-hydrogen) atoms. The summed E-state index contributed by atoms with van der Waals surface area (Å²) in [6.07, 6.45) is 4.02. The topological polar surface area (TPSA) is 9.23 Å². The Morgan fingerprint density at radius 1 is 0.625 bits per heavy atom. The van der Waals surface area contributed by atoms with Crippen molar-refractivity contribution in [2.45, 2.75) is 46.0 Å². The molecule has 0 radical (unpaired) electrons. The van der Waals surface area contributed by atoms with Crippen LogP contribution in [0.25, 0.3) is 0 Å². The molecule has 160 valence electrons. The minimum Gasteiger partial charge on any atom is -0.480 e.